The van der Waals surface area contributed by atoms with Gasteiger partial charge in [0.1, 0.15) is 12.7 Å². The molecule has 0 N–H and O–H groups in total. The van der Waals surface area contributed by atoms with Crippen LogP contribution in [0.2, 0.25) is 0 Å². The quantitative estimate of drug-likeness (QED) is 0.178. The molecule has 1 aliphatic rings. The Morgan fingerprint density at radius 1 is 0.848 bits per heavy atom. The third-order valence-corrected chi connectivity index (χ3v) is 4.38. The lowest BCUT2D eigenvalue weighted by Crippen LogP contribution is -2.63. The first kappa shape index (κ1) is 28.2. The second-order valence-corrected chi connectivity index (χ2v) is 7.07. The number of carbonyl (C=O) groups is 5. The Morgan fingerprint density at radius 3 is 1.82 bits per heavy atom. The minimum absolute atomic E-state index is 0.0344. The molecule has 1 heterocycles. The van der Waals surface area contributed by atoms with Crippen molar-refractivity contribution in [1.82, 2.24) is 0 Å². The molecule has 0 saturated carbocycles. The van der Waals surface area contributed by atoms with Crippen molar-refractivity contribution in [1.29, 1.82) is 0 Å². The van der Waals surface area contributed by atoms with E-state index in [0.717, 1.165) is 27.7 Å². The van der Waals surface area contributed by atoms with Crippen LogP contribution >= 0.6 is 0 Å². The molecule has 0 aromatic rings. The number of carbonyl (C=O) groups excluding carboxylic acids is 5. The predicted octanol–water partition coefficient (Wildman–Crippen LogP) is 0.594. The molecule has 0 bridgehead atoms. The molecule has 6 atom stereocenters. The van der Waals surface area contributed by atoms with Crippen LogP contribution in [0.25, 0.3) is 0 Å². The van der Waals surface area contributed by atoms with Gasteiger partial charge < -0.3 is 33.2 Å². The highest BCUT2D eigenvalue weighted by Crippen LogP contribution is 2.31. The zero-order valence-electron chi connectivity index (χ0n) is 19.5. The Kier molecular flexibility index (Phi) is 11.1. The summed E-state index contributed by atoms with van der Waals surface area (Å²) in [6, 6.07) is 0. The first-order valence-corrected chi connectivity index (χ1v) is 10.1. The summed E-state index contributed by atoms with van der Waals surface area (Å²) < 4.78 is 37.5. The number of hydrogen-bond acceptors (Lipinski definition) is 12. The van der Waals surface area contributed by atoms with E-state index in [2.05, 4.69) is 6.58 Å². The fraction of sp³-hybridized carbons (Fsp3) is 0.667. The number of methoxy groups -OCH3 is 1. The Labute approximate surface area is 191 Å². The average Bonchev–Trinajstić information content (AvgIpc) is 2.72. The number of ether oxygens (including phenoxy) is 7. The number of rotatable bonds is 11. The van der Waals surface area contributed by atoms with Gasteiger partial charge in [-0.1, -0.05) is 13.5 Å². The Morgan fingerprint density at radius 2 is 1.36 bits per heavy atom. The summed E-state index contributed by atoms with van der Waals surface area (Å²) in [6.07, 6.45) is -8.02. The van der Waals surface area contributed by atoms with Crippen molar-refractivity contribution in [2.45, 2.75) is 78.0 Å². The molecule has 33 heavy (non-hydrogen) atoms. The molecule has 0 aromatic heterocycles. The molecule has 0 radical (unpaired) electrons. The Hall–Kier alpha value is -2.83. The number of Topliss-reactive ketones (excluding diaryl/α,β-unsaturated/α-hetero) is 1. The molecule has 0 spiro atoms. The lowest BCUT2D eigenvalue weighted by molar-refractivity contribution is -0.332. The fourth-order valence-corrected chi connectivity index (χ4v) is 3.06. The molecule has 1 fully saturated rings. The molecule has 0 amide bonds. The summed E-state index contributed by atoms with van der Waals surface area (Å²) in [4.78, 5) is 58.8. The van der Waals surface area contributed by atoms with E-state index >= 15 is 0 Å². The first-order chi connectivity index (χ1) is 15.4. The molecule has 12 nitrogen and oxygen atoms in total. The summed E-state index contributed by atoms with van der Waals surface area (Å²) >= 11 is 0. The third-order valence-electron chi connectivity index (χ3n) is 4.38. The van der Waals surface area contributed by atoms with E-state index in [4.69, 9.17) is 33.2 Å². The highest BCUT2D eigenvalue weighted by atomic mass is 16.8. The number of esters is 4. The molecule has 186 valence electrons. The van der Waals surface area contributed by atoms with E-state index < -0.39 is 67.5 Å². The maximum absolute atomic E-state index is 12.1. The maximum Gasteiger partial charge on any atom is 0.303 e. The van der Waals surface area contributed by atoms with Crippen molar-refractivity contribution in [3.8, 4) is 0 Å². The van der Waals surface area contributed by atoms with Crippen LogP contribution < -0.4 is 0 Å². The molecule has 0 aliphatic carbocycles. The molecule has 12 heteroatoms. The topological polar surface area (TPSA) is 150 Å². The van der Waals surface area contributed by atoms with Gasteiger partial charge in [-0.25, -0.2) is 0 Å². The van der Waals surface area contributed by atoms with E-state index in [0.29, 0.717) is 0 Å². The lowest BCUT2D eigenvalue weighted by atomic mass is 9.98. The second kappa shape index (κ2) is 13.0. The van der Waals surface area contributed by atoms with Crippen molar-refractivity contribution in [3.05, 3.63) is 12.2 Å². The van der Waals surface area contributed by atoms with Gasteiger partial charge in [0.05, 0.1) is 0 Å². The lowest BCUT2D eigenvalue weighted by Gasteiger charge is -2.44. The maximum atomic E-state index is 12.1. The Bertz CT molecular complexity index is 760. The van der Waals surface area contributed by atoms with Crippen LogP contribution in [0.15, 0.2) is 12.2 Å². The third kappa shape index (κ3) is 8.56. The summed E-state index contributed by atoms with van der Waals surface area (Å²) in [5.41, 5.74) is -0.0344. The van der Waals surface area contributed by atoms with E-state index in [1.807, 2.05) is 0 Å². The summed E-state index contributed by atoms with van der Waals surface area (Å²) in [7, 11) is 1.25. The van der Waals surface area contributed by atoms with Crippen LogP contribution in [0.1, 0.15) is 41.0 Å². The van der Waals surface area contributed by atoms with Crippen LogP contribution in [-0.2, 0) is 57.1 Å². The molecule has 1 rings (SSSR count). The molecular weight excluding hydrogens is 444 g/mol. The highest BCUT2D eigenvalue weighted by Gasteiger charge is 2.53. The van der Waals surface area contributed by atoms with Gasteiger partial charge >= 0.3 is 23.9 Å². The predicted molar refractivity (Wildman–Crippen MR) is 108 cm³/mol. The molecule has 1 aliphatic heterocycles. The van der Waals surface area contributed by atoms with Gasteiger partial charge in [-0.3, -0.25) is 24.0 Å². The van der Waals surface area contributed by atoms with Crippen LogP contribution in [0.5, 0.6) is 0 Å². The molecule has 0 aromatic carbocycles. The summed E-state index contributed by atoms with van der Waals surface area (Å²) in [5.74, 6) is -3.33. The van der Waals surface area contributed by atoms with Gasteiger partial charge in [0.2, 0.25) is 6.29 Å². The highest BCUT2D eigenvalue weighted by molar-refractivity contribution is 5.95. The van der Waals surface area contributed by atoms with Gasteiger partial charge in [0, 0.05) is 46.8 Å². The van der Waals surface area contributed by atoms with E-state index in [9.17, 15) is 24.0 Å². The molecule has 1 saturated heterocycles. The van der Waals surface area contributed by atoms with E-state index in [-0.39, 0.29) is 17.8 Å². The smallest absolute Gasteiger partial charge is 0.303 e. The van der Waals surface area contributed by atoms with E-state index in [1.165, 1.54) is 7.11 Å². The minimum Gasteiger partial charge on any atom is -0.463 e. The van der Waals surface area contributed by atoms with Gasteiger partial charge in [0.15, 0.2) is 30.4 Å². The van der Waals surface area contributed by atoms with Gasteiger partial charge in [-0.05, 0) is 0 Å². The summed E-state index contributed by atoms with van der Waals surface area (Å²) in [5, 5.41) is 0. The fourth-order valence-electron chi connectivity index (χ4n) is 3.06. The minimum atomic E-state index is -1.49. The zero-order valence-corrected chi connectivity index (χ0v) is 19.5. The van der Waals surface area contributed by atoms with Gasteiger partial charge in [-0.15, -0.1) is 0 Å². The number of ketones is 1. The van der Waals surface area contributed by atoms with Gasteiger partial charge in [-0.2, -0.15) is 0 Å². The van der Waals surface area contributed by atoms with Crippen LogP contribution in [0.3, 0.4) is 0 Å². The average molecular weight is 474 g/mol. The summed E-state index contributed by atoms with van der Waals surface area (Å²) in [6.45, 7) is 9.33. The standard InChI is InChI=1S/C21H30O12/c1-8-15(26)10(2)20(27-7)33-21-19(31-14(6)25)18(30-13(5)24)17(29-12(4)23)16(32-21)9-28-11(3)22/h16-21H,2,8-9H2,1,3-7H3/t16-,17-,18+,19-,20+,21+/m1/s1. The van der Waals surface area contributed by atoms with Crippen molar-refractivity contribution < 1.29 is 57.1 Å². The van der Waals surface area contributed by atoms with Crippen molar-refractivity contribution in [2.24, 2.45) is 0 Å². The SMILES string of the molecule is C=C(C(=O)CC)[C@@H](OC)O[C@@H]1O[C@H](COC(C)=O)[C@@H](OC(C)=O)[C@H](OC(C)=O)[C@H]1OC(C)=O. The van der Waals surface area contributed by atoms with Crippen LogP contribution in [-0.4, -0.2) is 80.4 Å². The Balaban J connectivity index is 3.42. The van der Waals surface area contributed by atoms with Crippen LogP contribution in [0, 0.1) is 0 Å². The molecule has 0 unspecified atom stereocenters. The molecular formula is C21H30O12. The van der Waals surface area contributed by atoms with Crippen molar-refractivity contribution >= 4 is 29.7 Å². The first-order valence-electron chi connectivity index (χ1n) is 10.1. The zero-order chi connectivity index (χ0) is 25.3. The monoisotopic (exact) mass is 474 g/mol. The van der Waals surface area contributed by atoms with Crippen molar-refractivity contribution in [2.75, 3.05) is 13.7 Å². The number of hydrogen-bond donors (Lipinski definition) is 0. The normalized spacial score (nSPS) is 25.3. The van der Waals surface area contributed by atoms with Crippen LogP contribution in [0.4, 0.5) is 0 Å². The van der Waals surface area contributed by atoms with E-state index in [1.54, 1.807) is 6.92 Å². The largest absolute Gasteiger partial charge is 0.463 e. The van der Waals surface area contributed by atoms with Gasteiger partial charge in [0.25, 0.3) is 0 Å². The second-order valence-electron chi connectivity index (χ2n) is 7.07. The van der Waals surface area contributed by atoms with Crippen molar-refractivity contribution in [3.63, 3.8) is 0 Å².